The first-order chi connectivity index (χ1) is 13.6. The molecule has 0 heterocycles. The number of carboxylic acids is 1. The van der Waals surface area contributed by atoms with E-state index in [1.807, 2.05) is 60.7 Å². The van der Waals surface area contributed by atoms with Crippen LogP contribution in [0.1, 0.15) is 36.4 Å². The molecule has 0 aliphatic rings. The summed E-state index contributed by atoms with van der Waals surface area (Å²) in [7, 11) is 0. The maximum Gasteiger partial charge on any atom is 0.490 e. The highest BCUT2D eigenvalue weighted by molar-refractivity contribution is 5.78. The van der Waals surface area contributed by atoms with Crippen molar-refractivity contribution >= 4 is 17.8 Å². The topological polar surface area (TPSA) is 109 Å². The van der Waals surface area contributed by atoms with Gasteiger partial charge in [0.15, 0.2) is 0 Å². The Balaban J connectivity index is 0.000000516. The van der Waals surface area contributed by atoms with Crippen molar-refractivity contribution in [2.45, 2.75) is 31.5 Å². The van der Waals surface area contributed by atoms with E-state index in [4.69, 9.17) is 15.6 Å². The van der Waals surface area contributed by atoms with E-state index in [1.54, 1.807) is 0 Å². The molecule has 2 aromatic carbocycles. The van der Waals surface area contributed by atoms with Crippen molar-refractivity contribution in [1.29, 1.82) is 0 Å². The van der Waals surface area contributed by atoms with Crippen LogP contribution in [0.4, 0.5) is 13.2 Å². The van der Waals surface area contributed by atoms with Crippen LogP contribution in [0, 0.1) is 0 Å². The molecule has 0 bridgehead atoms. The second kappa shape index (κ2) is 11.5. The second-order valence-corrected chi connectivity index (χ2v) is 5.94. The Kier molecular flexibility index (Phi) is 9.37. The SMILES string of the molecule is NC(=O)CCCC(=O)NC(c1ccccc1)c1ccccc1.O=C(O)C(F)(F)F. The Bertz CT molecular complexity index is 757. The Morgan fingerprint density at radius 3 is 1.66 bits per heavy atom. The molecule has 0 aliphatic heterocycles. The highest BCUT2D eigenvalue weighted by atomic mass is 19.4. The quantitative estimate of drug-likeness (QED) is 0.651. The Morgan fingerprint density at radius 1 is 0.897 bits per heavy atom. The van der Waals surface area contributed by atoms with Crippen LogP contribution >= 0.6 is 0 Å². The van der Waals surface area contributed by atoms with Crippen LogP contribution in [-0.2, 0) is 14.4 Å². The molecule has 156 valence electrons. The molecule has 4 N–H and O–H groups in total. The largest absolute Gasteiger partial charge is 0.490 e. The lowest BCUT2D eigenvalue weighted by Crippen LogP contribution is -2.29. The van der Waals surface area contributed by atoms with E-state index in [9.17, 15) is 22.8 Å². The van der Waals surface area contributed by atoms with Crippen LogP contribution in [0.3, 0.4) is 0 Å². The lowest BCUT2D eigenvalue weighted by Gasteiger charge is -2.20. The van der Waals surface area contributed by atoms with E-state index in [0.717, 1.165) is 11.1 Å². The fraction of sp³-hybridized carbons (Fsp3) is 0.250. The van der Waals surface area contributed by atoms with Crippen molar-refractivity contribution in [1.82, 2.24) is 5.32 Å². The van der Waals surface area contributed by atoms with Crippen molar-refractivity contribution in [3.63, 3.8) is 0 Å². The number of hydrogen-bond donors (Lipinski definition) is 3. The van der Waals surface area contributed by atoms with Gasteiger partial charge in [0.25, 0.3) is 0 Å². The zero-order chi connectivity index (χ0) is 21.9. The van der Waals surface area contributed by atoms with Gasteiger partial charge in [-0.05, 0) is 17.5 Å². The zero-order valence-electron chi connectivity index (χ0n) is 15.4. The van der Waals surface area contributed by atoms with Gasteiger partial charge in [0.1, 0.15) is 0 Å². The number of carboxylic acid groups (broad SMARTS) is 1. The molecule has 0 radical (unpaired) electrons. The van der Waals surface area contributed by atoms with Crippen LogP contribution in [0.15, 0.2) is 60.7 Å². The van der Waals surface area contributed by atoms with Crippen LogP contribution in [0.2, 0.25) is 0 Å². The molecule has 0 aromatic heterocycles. The summed E-state index contributed by atoms with van der Waals surface area (Å²) in [5, 5.41) is 10.2. The van der Waals surface area contributed by atoms with Crippen molar-refractivity contribution in [2.24, 2.45) is 5.73 Å². The summed E-state index contributed by atoms with van der Waals surface area (Å²) in [6, 6.07) is 19.4. The first-order valence-electron chi connectivity index (χ1n) is 8.59. The lowest BCUT2D eigenvalue weighted by molar-refractivity contribution is -0.192. The third-order valence-corrected chi connectivity index (χ3v) is 3.64. The number of nitrogens with one attached hydrogen (secondary N) is 1. The molecule has 0 saturated heterocycles. The van der Waals surface area contributed by atoms with Crippen molar-refractivity contribution < 1.29 is 32.7 Å². The highest BCUT2D eigenvalue weighted by Gasteiger charge is 2.38. The predicted molar refractivity (Wildman–Crippen MR) is 99.6 cm³/mol. The number of carbonyl (C=O) groups is 3. The molecule has 0 saturated carbocycles. The highest BCUT2D eigenvalue weighted by Crippen LogP contribution is 2.22. The molecule has 2 aromatic rings. The van der Waals surface area contributed by atoms with Gasteiger partial charge in [0.05, 0.1) is 6.04 Å². The number of nitrogens with two attached hydrogens (primary N) is 1. The minimum absolute atomic E-state index is 0.0843. The first kappa shape index (κ1) is 23.7. The number of amides is 2. The fourth-order valence-corrected chi connectivity index (χ4v) is 2.31. The van der Waals surface area contributed by atoms with Gasteiger partial charge in [-0.25, -0.2) is 4.79 Å². The summed E-state index contributed by atoms with van der Waals surface area (Å²) in [4.78, 5) is 31.8. The average Bonchev–Trinajstić information content (AvgIpc) is 2.67. The molecule has 29 heavy (non-hydrogen) atoms. The first-order valence-corrected chi connectivity index (χ1v) is 8.59. The van der Waals surface area contributed by atoms with Crippen LogP contribution in [0.25, 0.3) is 0 Å². The van der Waals surface area contributed by atoms with E-state index >= 15 is 0 Å². The van der Waals surface area contributed by atoms with E-state index < -0.39 is 12.1 Å². The standard InChI is InChI=1S/C18H20N2O2.C2HF3O2/c19-16(21)12-7-13-17(22)20-18(14-8-3-1-4-9-14)15-10-5-2-6-11-15;3-2(4,5)1(6)7/h1-6,8-11,18H,7,12-13H2,(H2,19,21)(H,20,22);(H,6,7). The summed E-state index contributed by atoms with van der Waals surface area (Å²) < 4.78 is 31.7. The van der Waals surface area contributed by atoms with Crippen LogP contribution < -0.4 is 11.1 Å². The third kappa shape index (κ3) is 9.41. The molecule has 2 amide bonds. The lowest BCUT2D eigenvalue weighted by atomic mass is 9.98. The van der Waals surface area contributed by atoms with Crippen molar-refractivity contribution in [3.8, 4) is 0 Å². The van der Waals surface area contributed by atoms with Gasteiger partial charge in [-0.2, -0.15) is 13.2 Å². The fourth-order valence-electron chi connectivity index (χ4n) is 2.31. The smallest absolute Gasteiger partial charge is 0.475 e. The minimum atomic E-state index is -5.08. The molecule has 2 rings (SSSR count). The zero-order valence-corrected chi connectivity index (χ0v) is 15.4. The maximum atomic E-state index is 12.1. The van der Waals surface area contributed by atoms with E-state index in [1.165, 1.54) is 0 Å². The van der Waals surface area contributed by atoms with Gasteiger partial charge >= 0.3 is 12.1 Å². The molecule has 0 fully saturated rings. The van der Waals surface area contributed by atoms with E-state index in [2.05, 4.69) is 5.32 Å². The molecular weight excluding hydrogens is 389 g/mol. The number of hydrogen-bond acceptors (Lipinski definition) is 3. The summed E-state index contributed by atoms with van der Waals surface area (Å²) in [5.74, 6) is -3.22. The van der Waals surface area contributed by atoms with E-state index in [0.29, 0.717) is 12.8 Å². The number of carbonyl (C=O) groups excluding carboxylic acids is 2. The third-order valence-electron chi connectivity index (χ3n) is 3.64. The summed E-state index contributed by atoms with van der Waals surface area (Å²) >= 11 is 0. The van der Waals surface area contributed by atoms with Gasteiger partial charge < -0.3 is 16.2 Å². The number of halogens is 3. The summed E-state index contributed by atoms with van der Waals surface area (Å²) in [6.45, 7) is 0. The van der Waals surface area contributed by atoms with Crippen molar-refractivity contribution in [3.05, 3.63) is 71.8 Å². The molecule has 9 heteroatoms. The molecule has 0 atom stereocenters. The molecule has 6 nitrogen and oxygen atoms in total. The minimum Gasteiger partial charge on any atom is -0.475 e. The normalized spacial score (nSPS) is 10.6. The average molecular weight is 410 g/mol. The van der Waals surface area contributed by atoms with Crippen LogP contribution in [0.5, 0.6) is 0 Å². The number of rotatable bonds is 7. The summed E-state index contributed by atoms with van der Waals surface area (Å²) in [5.41, 5.74) is 7.14. The van der Waals surface area contributed by atoms with Gasteiger partial charge in [0, 0.05) is 12.8 Å². The Morgan fingerprint density at radius 2 is 1.31 bits per heavy atom. The molecule has 0 unspecified atom stereocenters. The Hall–Kier alpha value is -3.36. The second-order valence-electron chi connectivity index (χ2n) is 5.94. The van der Waals surface area contributed by atoms with Gasteiger partial charge in [-0.1, -0.05) is 60.7 Å². The Labute approximate surface area is 165 Å². The maximum absolute atomic E-state index is 12.1. The van der Waals surface area contributed by atoms with E-state index in [-0.39, 0.29) is 24.3 Å². The van der Waals surface area contributed by atoms with Gasteiger partial charge in [0.2, 0.25) is 11.8 Å². The molecular formula is C20H21F3N2O4. The predicted octanol–water partition coefficient (Wildman–Crippen LogP) is 3.18. The van der Waals surface area contributed by atoms with Crippen LogP contribution in [-0.4, -0.2) is 29.1 Å². The van der Waals surface area contributed by atoms with Gasteiger partial charge in [-0.15, -0.1) is 0 Å². The van der Waals surface area contributed by atoms with Gasteiger partial charge in [-0.3, -0.25) is 9.59 Å². The molecule has 0 aliphatic carbocycles. The monoisotopic (exact) mass is 410 g/mol. The molecule has 0 spiro atoms. The number of benzene rings is 2. The number of aliphatic carboxylic acids is 1. The number of alkyl halides is 3. The van der Waals surface area contributed by atoms with Crippen molar-refractivity contribution in [2.75, 3.05) is 0 Å². The summed E-state index contributed by atoms with van der Waals surface area (Å²) in [6.07, 6.45) is -4.09. The number of primary amides is 1.